The van der Waals surface area contributed by atoms with E-state index in [0.717, 1.165) is 16.7 Å². The molecule has 1 aromatic carbocycles. The Balaban J connectivity index is 2.03. The van der Waals surface area contributed by atoms with Crippen LogP contribution in [0, 0.1) is 13.8 Å². The average Bonchev–Trinajstić information content (AvgIpc) is 2.88. The van der Waals surface area contributed by atoms with E-state index >= 15 is 0 Å². The number of ether oxygens (including phenoxy) is 2. The van der Waals surface area contributed by atoms with Crippen molar-refractivity contribution in [2.45, 2.75) is 46.3 Å². The first-order chi connectivity index (χ1) is 13.3. The van der Waals surface area contributed by atoms with Crippen LogP contribution in [-0.2, 0) is 19.1 Å². The molecule has 28 heavy (non-hydrogen) atoms. The van der Waals surface area contributed by atoms with Gasteiger partial charge < -0.3 is 14.4 Å². The van der Waals surface area contributed by atoms with Crippen LogP contribution < -0.4 is 0 Å². The van der Waals surface area contributed by atoms with Crippen molar-refractivity contribution in [2.75, 3.05) is 33.4 Å². The Kier molecular flexibility index (Phi) is 6.20. The molecule has 1 aromatic rings. The third-order valence-corrected chi connectivity index (χ3v) is 5.41. The van der Waals surface area contributed by atoms with E-state index in [4.69, 9.17) is 9.47 Å². The number of amides is 2. The third kappa shape index (κ3) is 3.98. The molecule has 2 aliphatic heterocycles. The van der Waals surface area contributed by atoms with Crippen LogP contribution in [0.2, 0.25) is 0 Å². The van der Waals surface area contributed by atoms with Gasteiger partial charge in [-0.2, -0.15) is 0 Å². The van der Waals surface area contributed by atoms with E-state index < -0.39 is 0 Å². The molecular formula is C22H30N2O4. The van der Waals surface area contributed by atoms with Crippen molar-refractivity contribution < 1.29 is 19.1 Å². The van der Waals surface area contributed by atoms with Crippen LogP contribution >= 0.6 is 0 Å². The van der Waals surface area contributed by atoms with Gasteiger partial charge in [-0.05, 0) is 50.8 Å². The second kappa shape index (κ2) is 8.45. The molecule has 6 nitrogen and oxygen atoms in total. The number of methoxy groups -OCH3 is 1. The highest BCUT2D eigenvalue weighted by atomic mass is 16.5. The molecule has 0 aromatic heterocycles. The largest absolute Gasteiger partial charge is 0.385 e. The van der Waals surface area contributed by atoms with Crippen molar-refractivity contribution in [1.82, 2.24) is 9.80 Å². The summed E-state index contributed by atoms with van der Waals surface area (Å²) in [4.78, 5) is 29.9. The molecule has 6 heteroatoms. The average molecular weight is 386 g/mol. The number of rotatable bonds is 6. The predicted octanol–water partition coefficient (Wildman–Crippen LogP) is 2.53. The lowest BCUT2D eigenvalue weighted by Crippen LogP contribution is -2.47. The van der Waals surface area contributed by atoms with Crippen LogP contribution in [0.3, 0.4) is 0 Å². The van der Waals surface area contributed by atoms with Crippen LogP contribution in [0.25, 0.3) is 5.57 Å². The van der Waals surface area contributed by atoms with Crippen molar-refractivity contribution in [3.63, 3.8) is 0 Å². The Bertz CT molecular complexity index is 792. The Labute approximate surface area is 167 Å². The summed E-state index contributed by atoms with van der Waals surface area (Å²) in [6, 6.07) is 5.95. The molecule has 1 fully saturated rings. The summed E-state index contributed by atoms with van der Waals surface area (Å²) in [7, 11) is 1.62. The monoisotopic (exact) mass is 386 g/mol. The van der Waals surface area contributed by atoms with E-state index in [2.05, 4.69) is 0 Å². The smallest absolute Gasteiger partial charge is 0.277 e. The first-order valence-corrected chi connectivity index (χ1v) is 9.91. The molecule has 0 bridgehead atoms. The fourth-order valence-corrected chi connectivity index (χ4v) is 3.94. The quantitative estimate of drug-likeness (QED) is 0.555. The second-order valence-corrected chi connectivity index (χ2v) is 7.79. The minimum absolute atomic E-state index is 0.00250. The molecule has 0 N–H and O–H groups in total. The molecule has 3 rings (SSSR count). The first-order valence-electron chi connectivity index (χ1n) is 9.91. The molecule has 0 spiro atoms. The molecule has 0 saturated carbocycles. The van der Waals surface area contributed by atoms with Gasteiger partial charge in [-0.25, -0.2) is 0 Å². The summed E-state index contributed by atoms with van der Waals surface area (Å²) in [6.45, 7) is 10.1. The third-order valence-electron chi connectivity index (χ3n) is 5.41. The van der Waals surface area contributed by atoms with Gasteiger partial charge in [0.05, 0.1) is 17.8 Å². The van der Waals surface area contributed by atoms with Crippen molar-refractivity contribution >= 4 is 17.4 Å². The van der Waals surface area contributed by atoms with Gasteiger partial charge in [0.15, 0.2) is 0 Å². The van der Waals surface area contributed by atoms with Crippen LogP contribution in [0.1, 0.15) is 37.0 Å². The first kappa shape index (κ1) is 20.6. The van der Waals surface area contributed by atoms with E-state index in [1.54, 1.807) is 7.11 Å². The van der Waals surface area contributed by atoms with Gasteiger partial charge in [-0.1, -0.05) is 18.2 Å². The summed E-state index contributed by atoms with van der Waals surface area (Å²) < 4.78 is 10.9. The zero-order valence-corrected chi connectivity index (χ0v) is 17.4. The highest BCUT2D eigenvalue weighted by molar-refractivity contribution is 6.35. The predicted molar refractivity (Wildman–Crippen MR) is 108 cm³/mol. The normalized spacial score (nSPS) is 23.2. The van der Waals surface area contributed by atoms with E-state index in [9.17, 15) is 9.59 Å². The summed E-state index contributed by atoms with van der Waals surface area (Å²) in [6.07, 6.45) is 0.627. The van der Waals surface area contributed by atoms with Gasteiger partial charge >= 0.3 is 0 Å². The van der Waals surface area contributed by atoms with E-state index in [1.807, 2.05) is 50.8 Å². The maximum Gasteiger partial charge on any atom is 0.277 e. The van der Waals surface area contributed by atoms with E-state index in [0.29, 0.717) is 43.9 Å². The van der Waals surface area contributed by atoms with Crippen LogP contribution in [0.15, 0.2) is 23.9 Å². The molecule has 2 heterocycles. The number of carbonyl (C=O) groups is 2. The van der Waals surface area contributed by atoms with Crippen molar-refractivity contribution in [1.29, 1.82) is 0 Å². The zero-order chi connectivity index (χ0) is 20.4. The van der Waals surface area contributed by atoms with E-state index in [-0.39, 0.29) is 24.0 Å². The van der Waals surface area contributed by atoms with Crippen LogP contribution in [-0.4, -0.2) is 67.2 Å². The van der Waals surface area contributed by atoms with Crippen molar-refractivity contribution in [3.05, 3.63) is 40.6 Å². The second-order valence-electron chi connectivity index (χ2n) is 7.79. The van der Waals surface area contributed by atoms with Gasteiger partial charge in [0.2, 0.25) is 0 Å². The minimum atomic E-state index is -0.217. The fourth-order valence-electron chi connectivity index (χ4n) is 3.94. The number of carbonyl (C=O) groups excluding carboxylic acids is 2. The Morgan fingerprint density at radius 3 is 2.36 bits per heavy atom. The number of imide groups is 1. The highest BCUT2D eigenvalue weighted by Gasteiger charge is 2.42. The molecular weight excluding hydrogens is 356 g/mol. The highest BCUT2D eigenvalue weighted by Crippen LogP contribution is 2.34. The van der Waals surface area contributed by atoms with Crippen LogP contribution in [0.5, 0.6) is 0 Å². The van der Waals surface area contributed by atoms with Crippen molar-refractivity contribution in [2.24, 2.45) is 0 Å². The van der Waals surface area contributed by atoms with Gasteiger partial charge in [0.1, 0.15) is 5.70 Å². The van der Waals surface area contributed by atoms with Gasteiger partial charge in [0.25, 0.3) is 11.8 Å². The summed E-state index contributed by atoms with van der Waals surface area (Å²) >= 11 is 0. The maximum absolute atomic E-state index is 13.3. The van der Waals surface area contributed by atoms with E-state index in [1.165, 1.54) is 4.90 Å². The van der Waals surface area contributed by atoms with Crippen LogP contribution in [0.4, 0.5) is 0 Å². The molecule has 2 amide bonds. The lowest BCUT2D eigenvalue weighted by molar-refractivity contribution is -0.138. The Morgan fingerprint density at radius 1 is 1.07 bits per heavy atom. The number of benzene rings is 1. The van der Waals surface area contributed by atoms with Crippen molar-refractivity contribution in [3.8, 4) is 0 Å². The Hall–Kier alpha value is -2.18. The molecule has 0 radical (unpaired) electrons. The maximum atomic E-state index is 13.3. The standard InChI is InChI=1S/C22H30N2O4/c1-14-7-8-18(11-15(14)2)19-20(23-12-16(3)28-17(4)13-23)22(26)24(21(19)25)9-6-10-27-5/h7-8,11,16-17H,6,9-10,12-13H2,1-5H3. The molecule has 2 unspecified atom stereocenters. The van der Waals surface area contributed by atoms with Gasteiger partial charge in [-0.15, -0.1) is 0 Å². The lowest BCUT2D eigenvalue weighted by Gasteiger charge is -2.37. The van der Waals surface area contributed by atoms with Gasteiger partial charge in [0, 0.05) is 33.4 Å². The fraction of sp³-hybridized carbons (Fsp3) is 0.545. The minimum Gasteiger partial charge on any atom is -0.385 e. The lowest BCUT2D eigenvalue weighted by atomic mass is 9.99. The number of morpholine rings is 1. The Morgan fingerprint density at radius 2 is 1.75 bits per heavy atom. The van der Waals surface area contributed by atoms with Gasteiger partial charge in [-0.3, -0.25) is 14.5 Å². The summed E-state index contributed by atoms with van der Waals surface area (Å²) in [5, 5.41) is 0. The topological polar surface area (TPSA) is 59.1 Å². The molecule has 2 atom stereocenters. The molecule has 1 saturated heterocycles. The summed E-state index contributed by atoms with van der Waals surface area (Å²) in [5.41, 5.74) is 4.08. The molecule has 0 aliphatic carbocycles. The molecule has 2 aliphatic rings. The number of hydrogen-bond donors (Lipinski definition) is 0. The summed E-state index contributed by atoms with van der Waals surface area (Å²) in [5.74, 6) is -0.429. The zero-order valence-electron chi connectivity index (χ0n) is 17.4. The SMILES string of the molecule is COCCCN1C(=O)C(c2ccc(C)c(C)c2)=C(N2CC(C)OC(C)C2)C1=O. The number of nitrogens with zero attached hydrogens (tertiary/aromatic N) is 2. The number of hydrogen-bond acceptors (Lipinski definition) is 5. The molecule has 152 valence electrons. The number of aryl methyl sites for hydroxylation is 2.